The van der Waals surface area contributed by atoms with Gasteiger partial charge in [0.1, 0.15) is 10.4 Å². The quantitative estimate of drug-likeness (QED) is 0.378. The molecule has 0 spiro atoms. The average Bonchev–Trinajstić information content (AvgIpc) is 3.53. The molecule has 1 N–H and O–H groups in total. The highest BCUT2D eigenvalue weighted by Gasteiger charge is 2.24. The fourth-order valence-electron chi connectivity index (χ4n) is 3.95. The summed E-state index contributed by atoms with van der Waals surface area (Å²) in [6.07, 6.45) is 5.34. The van der Waals surface area contributed by atoms with Crippen LogP contribution in [0, 0.1) is 0 Å². The van der Waals surface area contributed by atoms with E-state index in [1.807, 2.05) is 65.4 Å². The molecule has 0 aliphatic heterocycles. The Morgan fingerprint density at radius 1 is 1.06 bits per heavy atom. The highest BCUT2D eigenvalue weighted by molar-refractivity contribution is 7.99. The molecule has 9 nitrogen and oxygen atoms in total. The van der Waals surface area contributed by atoms with Gasteiger partial charge >= 0.3 is 5.69 Å². The third-order valence-corrected chi connectivity index (χ3v) is 6.98. The summed E-state index contributed by atoms with van der Waals surface area (Å²) in [4.78, 5) is 31.2. The summed E-state index contributed by atoms with van der Waals surface area (Å²) in [6, 6.07) is 17.2. The molecule has 178 valence electrons. The van der Waals surface area contributed by atoms with Crippen molar-refractivity contribution in [1.29, 1.82) is 0 Å². The average molecular weight is 489 g/mol. The molecule has 0 aliphatic carbocycles. The van der Waals surface area contributed by atoms with Crippen molar-refractivity contribution in [3.63, 3.8) is 0 Å². The number of imidazole rings is 1. The van der Waals surface area contributed by atoms with Gasteiger partial charge in [0.05, 0.1) is 25.5 Å². The second kappa shape index (κ2) is 9.40. The van der Waals surface area contributed by atoms with E-state index in [1.165, 1.54) is 23.4 Å². The van der Waals surface area contributed by atoms with Gasteiger partial charge < -0.3 is 9.67 Å². The smallest absolute Gasteiger partial charge is 0.332 e. The Bertz CT molecular complexity index is 1590. The van der Waals surface area contributed by atoms with E-state index in [2.05, 4.69) is 4.98 Å². The van der Waals surface area contributed by atoms with E-state index in [1.54, 1.807) is 24.1 Å². The number of fused-ring (bicyclic) bond motifs is 1. The number of rotatable bonds is 7. The first-order valence-corrected chi connectivity index (χ1v) is 11.9. The fourth-order valence-corrected chi connectivity index (χ4v) is 4.95. The number of hydrogen-bond donors (Lipinski definition) is 1. The van der Waals surface area contributed by atoms with Crippen molar-refractivity contribution in [3.8, 4) is 5.69 Å². The largest absolute Gasteiger partial charge is 0.394 e. The van der Waals surface area contributed by atoms with E-state index in [0.717, 1.165) is 20.7 Å². The van der Waals surface area contributed by atoms with E-state index in [4.69, 9.17) is 5.10 Å². The summed E-state index contributed by atoms with van der Waals surface area (Å²) in [5.74, 6) is 0. The monoisotopic (exact) mass is 488 g/mol. The molecule has 0 saturated carbocycles. The van der Waals surface area contributed by atoms with Crippen LogP contribution in [0.15, 0.2) is 92.8 Å². The van der Waals surface area contributed by atoms with Crippen molar-refractivity contribution in [2.75, 3.05) is 6.61 Å². The first-order valence-electron chi connectivity index (χ1n) is 11.1. The van der Waals surface area contributed by atoms with Gasteiger partial charge in [-0.1, -0.05) is 42.1 Å². The van der Waals surface area contributed by atoms with Crippen LogP contribution in [0.1, 0.15) is 18.5 Å². The SMILES string of the molecule is CC(CO)n1c(=O)n(C)c(=O)c2c(Sc3ccccc3)n(Cc3ccc(-n4ccnc4)cc3)nc21. The molecule has 10 heteroatoms. The standard InChI is InChI=1S/C25H24N6O3S/c1-17(15-32)31-22-21(23(33)28(2)25(31)34)24(35-20-6-4-3-5-7-20)30(27-22)14-18-8-10-19(11-9-18)29-13-12-26-16-29/h3-13,16-17,32H,14-15H2,1-2H3. The van der Waals surface area contributed by atoms with Crippen molar-refractivity contribution in [3.05, 3.63) is 99.7 Å². The fraction of sp³-hybridized carbons (Fsp3) is 0.200. The van der Waals surface area contributed by atoms with Crippen molar-refractivity contribution < 1.29 is 5.11 Å². The predicted octanol–water partition coefficient (Wildman–Crippen LogP) is 2.84. The third-order valence-electron chi connectivity index (χ3n) is 5.86. The Morgan fingerprint density at radius 2 is 1.80 bits per heavy atom. The van der Waals surface area contributed by atoms with Gasteiger partial charge in [0.25, 0.3) is 5.56 Å². The normalized spacial score (nSPS) is 12.3. The number of aromatic nitrogens is 6. The first kappa shape index (κ1) is 22.9. The molecule has 2 aromatic carbocycles. The molecule has 5 rings (SSSR count). The summed E-state index contributed by atoms with van der Waals surface area (Å²) >= 11 is 1.42. The number of aliphatic hydroxyl groups excluding tert-OH is 1. The molecule has 5 aromatic rings. The van der Waals surface area contributed by atoms with E-state index in [-0.39, 0.29) is 12.3 Å². The molecule has 1 atom stereocenters. The molecule has 35 heavy (non-hydrogen) atoms. The van der Waals surface area contributed by atoms with E-state index in [9.17, 15) is 14.7 Å². The van der Waals surface area contributed by atoms with Crippen LogP contribution >= 0.6 is 11.8 Å². The lowest BCUT2D eigenvalue weighted by atomic mass is 10.2. The third kappa shape index (κ3) is 4.22. The van der Waals surface area contributed by atoms with Crippen LogP contribution in [0.5, 0.6) is 0 Å². The van der Waals surface area contributed by atoms with E-state index < -0.39 is 17.3 Å². The number of nitrogens with zero attached hydrogens (tertiary/aromatic N) is 6. The molecular formula is C25H24N6O3S. The van der Waals surface area contributed by atoms with Crippen LogP contribution < -0.4 is 11.2 Å². The zero-order valence-electron chi connectivity index (χ0n) is 19.3. The van der Waals surface area contributed by atoms with E-state index >= 15 is 0 Å². The summed E-state index contributed by atoms with van der Waals surface area (Å²) in [6.45, 7) is 1.87. The second-order valence-electron chi connectivity index (χ2n) is 8.26. The lowest BCUT2D eigenvalue weighted by Gasteiger charge is -2.13. The summed E-state index contributed by atoms with van der Waals surface area (Å²) in [5, 5.41) is 15.5. The number of benzene rings is 2. The molecule has 3 aromatic heterocycles. The highest BCUT2D eigenvalue weighted by atomic mass is 32.2. The van der Waals surface area contributed by atoms with Gasteiger partial charge in [-0.3, -0.25) is 18.6 Å². The maximum Gasteiger partial charge on any atom is 0.332 e. The molecule has 0 aliphatic rings. The molecule has 0 fully saturated rings. The van der Waals surface area contributed by atoms with Crippen LogP contribution in [0.4, 0.5) is 0 Å². The van der Waals surface area contributed by atoms with Crippen molar-refractivity contribution >= 4 is 22.8 Å². The van der Waals surface area contributed by atoms with E-state index in [0.29, 0.717) is 17.0 Å². The molecule has 0 bridgehead atoms. The Morgan fingerprint density at radius 3 is 2.46 bits per heavy atom. The van der Waals surface area contributed by atoms with Gasteiger partial charge in [-0.15, -0.1) is 0 Å². The second-order valence-corrected chi connectivity index (χ2v) is 9.32. The molecular weight excluding hydrogens is 464 g/mol. The van der Waals surface area contributed by atoms with Crippen molar-refractivity contribution in [1.82, 2.24) is 28.5 Å². The molecule has 0 saturated heterocycles. The minimum absolute atomic E-state index is 0.253. The maximum atomic E-state index is 13.3. The maximum absolute atomic E-state index is 13.3. The van der Waals surface area contributed by atoms with Crippen LogP contribution in [-0.4, -0.2) is 40.2 Å². The van der Waals surface area contributed by atoms with Crippen molar-refractivity contribution in [2.45, 2.75) is 29.4 Å². The predicted molar refractivity (Wildman–Crippen MR) is 134 cm³/mol. The Balaban J connectivity index is 1.67. The Hall–Kier alpha value is -3.89. The summed E-state index contributed by atoms with van der Waals surface area (Å²) in [7, 11) is 1.45. The van der Waals surface area contributed by atoms with Crippen LogP contribution in [-0.2, 0) is 13.6 Å². The molecule has 0 radical (unpaired) electrons. The van der Waals surface area contributed by atoms with Crippen LogP contribution in [0.3, 0.4) is 0 Å². The van der Waals surface area contributed by atoms with Crippen LogP contribution in [0.2, 0.25) is 0 Å². The lowest BCUT2D eigenvalue weighted by Crippen LogP contribution is -2.40. The van der Waals surface area contributed by atoms with Crippen molar-refractivity contribution in [2.24, 2.45) is 7.05 Å². The zero-order chi connectivity index (χ0) is 24.5. The van der Waals surface area contributed by atoms with Crippen LogP contribution in [0.25, 0.3) is 16.7 Å². The minimum Gasteiger partial charge on any atom is -0.394 e. The Kier molecular flexibility index (Phi) is 6.14. The lowest BCUT2D eigenvalue weighted by molar-refractivity contribution is 0.236. The molecule has 0 amide bonds. The Labute approximate surface area is 204 Å². The molecule has 3 heterocycles. The van der Waals surface area contributed by atoms with Gasteiger partial charge in [-0.2, -0.15) is 5.10 Å². The molecule has 1 unspecified atom stereocenters. The van der Waals surface area contributed by atoms with Gasteiger partial charge in [-0.05, 0) is 36.8 Å². The topological polar surface area (TPSA) is 99.9 Å². The summed E-state index contributed by atoms with van der Waals surface area (Å²) in [5.41, 5.74) is 1.32. The number of aliphatic hydroxyl groups is 1. The van der Waals surface area contributed by atoms with Gasteiger partial charge in [0, 0.05) is 30.0 Å². The zero-order valence-corrected chi connectivity index (χ0v) is 20.1. The summed E-state index contributed by atoms with van der Waals surface area (Å²) < 4.78 is 6.15. The number of hydrogen-bond acceptors (Lipinski definition) is 6. The van der Waals surface area contributed by atoms with Gasteiger partial charge in [0.2, 0.25) is 0 Å². The highest BCUT2D eigenvalue weighted by Crippen LogP contribution is 2.33. The van der Waals surface area contributed by atoms with Gasteiger partial charge in [-0.25, -0.2) is 9.78 Å². The van der Waals surface area contributed by atoms with Gasteiger partial charge in [0.15, 0.2) is 5.65 Å². The first-order chi connectivity index (χ1) is 17.0. The minimum atomic E-state index is -0.538.